The fourth-order valence-corrected chi connectivity index (χ4v) is 4.68. The van der Waals surface area contributed by atoms with E-state index in [-0.39, 0.29) is 12.5 Å². The minimum atomic E-state index is 0.167. The average Bonchev–Trinajstić information content (AvgIpc) is 3.05. The Morgan fingerprint density at radius 2 is 1.96 bits per heavy atom. The summed E-state index contributed by atoms with van der Waals surface area (Å²) in [5.74, 6) is 1.15. The monoisotopic (exact) mass is 358 g/mol. The van der Waals surface area contributed by atoms with Gasteiger partial charge in [0.2, 0.25) is 0 Å². The van der Waals surface area contributed by atoms with Crippen molar-refractivity contribution in [3.63, 3.8) is 0 Å². The summed E-state index contributed by atoms with van der Waals surface area (Å²) in [6.07, 6.45) is 8.62. The fraction of sp³-hybridized carbons (Fsp3) is 0.737. The number of aliphatic hydroxyl groups excluding tert-OH is 1. The second-order valence-electron chi connectivity index (χ2n) is 8.38. The van der Waals surface area contributed by atoms with Crippen molar-refractivity contribution in [2.45, 2.75) is 39.2 Å². The lowest BCUT2D eigenvalue weighted by atomic mass is 9.72. The number of likely N-dealkylation sites (tertiary alicyclic amines) is 1. The number of hydrogen-bond donors (Lipinski definition) is 1. The van der Waals surface area contributed by atoms with Gasteiger partial charge in [0, 0.05) is 32.8 Å². The van der Waals surface area contributed by atoms with Gasteiger partial charge in [0.15, 0.2) is 17.0 Å². The van der Waals surface area contributed by atoms with Gasteiger partial charge in [-0.15, -0.1) is 0 Å². The Balaban J connectivity index is 1.53. The molecule has 7 nitrogen and oxygen atoms in total. The van der Waals surface area contributed by atoms with Crippen LogP contribution in [0.4, 0.5) is 5.82 Å². The first-order valence-electron chi connectivity index (χ1n) is 9.80. The van der Waals surface area contributed by atoms with E-state index in [1.165, 1.54) is 38.8 Å². The number of fused-ring (bicyclic) bond motifs is 1. The quantitative estimate of drug-likeness (QED) is 0.898. The van der Waals surface area contributed by atoms with E-state index in [4.69, 9.17) is 0 Å². The van der Waals surface area contributed by atoms with Crippen LogP contribution in [0.15, 0.2) is 12.7 Å². The molecule has 2 saturated heterocycles. The lowest BCUT2D eigenvalue weighted by Crippen LogP contribution is -2.48. The first-order valence-corrected chi connectivity index (χ1v) is 9.80. The van der Waals surface area contributed by atoms with Crippen molar-refractivity contribution in [1.29, 1.82) is 0 Å². The van der Waals surface area contributed by atoms with Crippen LogP contribution in [0.25, 0.3) is 11.2 Å². The van der Waals surface area contributed by atoms with Crippen LogP contribution in [-0.4, -0.2) is 69.4 Å². The Kier molecular flexibility index (Phi) is 4.84. The van der Waals surface area contributed by atoms with E-state index in [1.54, 1.807) is 6.33 Å². The molecule has 142 valence electrons. The predicted molar refractivity (Wildman–Crippen MR) is 102 cm³/mol. The average molecular weight is 358 g/mol. The maximum absolute atomic E-state index is 9.33. The molecular formula is C19H30N6O. The summed E-state index contributed by atoms with van der Waals surface area (Å²) in [4.78, 5) is 18.5. The number of nitrogens with zero attached hydrogens (tertiary/aromatic N) is 6. The normalized spacial score (nSPS) is 22.2. The fourth-order valence-electron chi connectivity index (χ4n) is 4.68. The molecule has 0 aliphatic carbocycles. The van der Waals surface area contributed by atoms with E-state index < -0.39 is 0 Å². The zero-order chi connectivity index (χ0) is 18.1. The zero-order valence-corrected chi connectivity index (χ0v) is 15.9. The van der Waals surface area contributed by atoms with E-state index in [0.29, 0.717) is 5.41 Å². The van der Waals surface area contributed by atoms with Gasteiger partial charge in [-0.2, -0.15) is 0 Å². The van der Waals surface area contributed by atoms with Gasteiger partial charge in [-0.3, -0.25) is 0 Å². The van der Waals surface area contributed by atoms with Crippen molar-refractivity contribution in [3.8, 4) is 0 Å². The summed E-state index contributed by atoms with van der Waals surface area (Å²) in [5.41, 5.74) is 2.24. The molecule has 4 rings (SSSR count). The third-order valence-corrected chi connectivity index (χ3v) is 6.18. The van der Waals surface area contributed by atoms with Crippen molar-refractivity contribution in [2.75, 3.05) is 44.7 Å². The molecule has 4 heterocycles. The zero-order valence-electron chi connectivity index (χ0n) is 15.9. The largest absolute Gasteiger partial charge is 0.396 e. The SMILES string of the molecule is CC(CO)Cn1cnc2c(N3CCC4(CCCN(C)C4)CC3)ncnc21. The molecule has 0 saturated carbocycles. The maximum Gasteiger partial charge on any atom is 0.165 e. The van der Waals surface area contributed by atoms with Gasteiger partial charge < -0.3 is 19.5 Å². The van der Waals surface area contributed by atoms with Gasteiger partial charge in [-0.25, -0.2) is 15.0 Å². The van der Waals surface area contributed by atoms with E-state index in [0.717, 1.165) is 36.6 Å². The molecule has 0 radical (unpaired) electrons. The number of aromatic nitrogens is 4. The van der Waals surface area contributed by atoms with E-state index in [9.17, 15) is 5.11 Å². The second kappa shape index (κ2) is 7.12. The topological polar surface area (TPSA) is 70.3 Å². The van der Waals surface area contributed by atoms with Crippen molar-refractivity contribution in [3.05, 3.63) is 12.7 Å². The second-order valence-corrected chi connectivity index (χ2v) is 8.38. The first kappa shape index (κ1) is 17.7. The van der Waals surface area contributed by atoms with Crippen molar-refractivity contribution < 1.29 is 5.11 Å². The van der Waals surface area contributed by atoms with Crippen LogP contribution in [0, 0.1) is 11.3 Å². The number of imidazole rings is 1. The number of piperidine rings is 2. The molecule has 2 aliphatic heterocycles. The van der Waals surface area contributed by atoms with Crippen LogP contribution in [-0.2, 0) is 6.54 Å². The molecule has 7 heteroatoms. The molecule has 2 aromatic heterocycles. The Bertz CT molecular complexity index is 752. The van der Waals surface area contributed by atoms with Crippen LogP contribution in [0.1, 0.15) is 32.6 Å². The lowest BCUT2D eigenvalue weighted by Gasteiger charge is -2.47. The van der Waals surface area contributed by atoms with E-state index in [2.05, 4.69) is 31.8 Å². The summed E-state index contributed by atoms with van der Waals surface area (Å²) < 4.78 is 2.03. The van der Waals surface area contributed by atoms with E-state index in [1.807, 2.05) is 17.8 Å². The van der Waals surface area contributed by atoms with Gasteiger partial charge in [0.1, 0.15) is 6.33 Å². The highest BCUT2D eigenvalue weighted by Gasteiger charge is 2.38. The number of anilines is 1. The molecule has 2 fully saturated rings. The smallest absolute Gasteiger partial charge is 0.165 e. The highest BCUT2D eigenvalue weighted by molar-refractivity contribution is 5.83. The van der Waals surface area contributed by atoms with Crippen molar-refractivity contribution in [1.82, 2.24) is 24.4 Å². The van der Waals surface area contributed by atoms with Gasteiger partial charge in [0.05, 0.1) is 6.33 Å². The van der Waals surface area contributed by atoms with Crippen LogP contribution in [0.3, 0.4) is 0 Å². The third kappa shape index (κ3) is 3.30. The summed E-state index contributed by atoms with van der Waals surface area (Å²) in [6, 6.07) is 0. The molecule has 1 N–H and O–H groups in total. The van der Waals surface area contributed by atoms with Crippen LogP contribution in [0.5, 0.6) is 0 Å². The molecule has 26 heavy (non-hydrogen) atoms. The van der Waals surface area contributed by atoms with Gasteiger partial charge in [-0.1, -0.05) is 6.92 Å². The highest BCUT2D eigenvalue weighted by Crippen LogP contribution is 2.40. The molecule has 1 atom stereocenters. The summed E-state index contributed by atoms with van der Waals surface area (Å²) in [7, 11) is 2.25. The predicted octanol–water partition coefficient (Wildman–Crippen LogP) is 1.77. The van der Waals surface area contributed by atoms with Crippen LogP contribution >= 0.6 is 0 Å². The number of aliphatic hydroxyl groups is 1. The minimum Gasteiger partial charge on any atom is -0.396 e. The molecule has 2 aromatic rings. The first-order chi connectivity index (χ1) is 12.6. The molecule has 0 bridgehead atoms. The number of rotatable bonds is 4. The van der Waals surface area contributed by atoms with E-state index >= 15 is 0 Å². The van der Waals surface area contributed by atoms with Crippen LogP contribution in [0.2, 0.25) is 0 Å². The minimum absolute atomic E-state index is 0.167. The lowest BCUT2D eigenvalue weighted by molar-refractivity contribution is 0.0820. The van der Waals surface area contributed by atoms with Crippen molar-refractivity contribution in [2.24, 2.45) is 11.3 Å². The third-order valence-electron chi connectivity index (χ3n) is 6.18. The van der Waals surface area contributed by atoms with Crippen LogP contribution < -0.4 is 4.90 Å². The Morgan fingerprint density at radius 1 is 1.15 bits per heavy atom. The number of hydrogen-bond acceptors (Lipinski definition) is 6. The summed E-state index contributed by atoms with van der Waals surface area (Å²) in [5, 5.41) is 9.33. The van der Waals surface area contributed by atoms with Gasteiger partial charge in [0.25, 0.3) is 0 Å². The maximum atomic E-state index is 9.33. The highest BCUT2D eigenvalue weighted by atomic mass is 16.3. The van der Waals surface area contributed by atoms with Crippen molar-refractivity contribution >= 4 is 17.0 Å². The Labute approximate surface area is 155 Å². The molecule has 1 spiro atoms. The van der Waals surface area contributed by atoms with Gasteiger partial charge in [-0.05, 0) is 50.6 Å². The van der Waals surface area contributed by atoms with Gasteiger partial charge >= 0.3 is 0 Å². The Morgan fingerprint density at radius 3 is 2.69 bits per heavy atom. The Hall–Kier alpha value is -1.73. The molecule has 1 unspecified atom stereocenters. The summed E-state index contributed by atoms with van der Waals surface area (Å²) in [6.45, 7) is 7.47. The summed E-state index contributed by atoms with van der Waals surface area (Å²) >= 11 is 0. The standard InChI is InChI=1S/C19H30N6O/c1-15(11-26)10-25-14-22-16-17(20-13-21-18(16)25)24-8-5-19(6-9-24)4-3-7-23(2)12-19/h13-15,26H,3-12H2,1-2H3. The molecular weight excluding hydrogens is 328 g/mol. The molecule has 2 aliphatic rings. The molecule has 0 aromatic carbocycles. The molecule has 0 amide bonds.